The summed E-state index contributed by atoms with van der Waals surface area (Å²) in [5.74, 6) is 1.37. The van der Waals surface area contributed by atoms with Crippen molar-refractivity contribution in [2.75, 3.05) is 32.6 Å². The van der Waals surface area contributed by atoms with E-state index in [-0.39, 0.29) is 11.6 Å². The lowest BCUT2D eigenvalue weighted by Gasteiger charge is -2.34. The zero-order chi connectivity index (χ0) is 27.5. The largest absolute Gasteiger partial charge is 0.494 e. The number of aromatic nitrogens is 5. The molecule has 3 fully saturated rings. The molecule has 4 heterocycles. The van der Waals surface area contributed by atoms with Gasteiger partial charge < -0.3 is 20.3 Å². The lowest BCUT2D eigenvalue weighted by Crippen LogP contribution is -2.38. The number of hydrogen-bond acceptors (Lipinski definition) is 7. The normalized spacial score (nSPS) is 22.2. The van der Waals surface area contributed by atoms with Gasteiger partial charge in [-0.3, -0.25) is 9.20 Å². The fraction of sp³-hybridized carbons (Fsp3) is 0.448. The van der Waals surface area contributed by atoms with E-state index in [0.717, 1.165) is 54.0 Å². The quantitative estimate of drug-likeness (QED) is 0.349. The number of pyridine rings is 1. The first-order chi connectivity index (χ1) is 19.4. The lowest BCUT2D eigenvalue weighted by atomic mass is 9.73. The Hall–Kier alpha value is -3.99. The van der Waals surface area contributed by atoms with Gasteiger partial charge >= 0.3 is 0 Å². The molecule has 40 heavy (non-hydrogen) atoms. The first kappa shape index (κ1) is 25.0. The van der Waals surface area contributed by atoms with E-state index in [4.69, 9.17) is 4.74 Å². The van der Waals surface area contributed by atoms with Gasteiger partial charge in [-0.2, -0.15) is 0 Å². The summed E-state index contributed by atoms with van der Waals surface area (Å²) in [6, 6.07) is 5.46. The van der Waals surface area contributed by atoms with Crippen molar-refractivity contribution in [2.24, 2.45) is 11.8 Å². The standard InChI is InChI=1S/C29H33FN8O2/c1-16-8-21(30)20(29(39)33-18-5-6-18)9-24(16)38-15-22(34-35-38)26-12-32-28-10-27(40-3)23(14-37(26)28)31-11-25-19-7-4-17(19)13-36(25)2/h8-10,12,14-15,17-19,25,31H,4-7,11,13H2,1-3H3,(H,33,39). The Morgan fingerprint density at radius 2 is 2.02 bits per heavy atom. The van der Waals surface area contributed by atoms with Crippen LogP contribution in [0.4, 0.5) is 10.1 Å². The number of nitrogens with zero attached hydrogens (tertiary/aromatic N) is 6. The van der Waals surface area contributed by atoms with Crippen LogP contribution in [0.5, 0.6) is 5.75 Å². The van der Waals surface area contributed by atoms with Crippen LogP contribution in [0.3, 0.4) is 0 Å². The van der Waals surface area contributed by atoms with Crippen molar-refractivity contribution in [3.63, 3.8) is 0 Å². The molecule has 0 spiro atoms. The van der Waals surface area contributed by atoms with Crippen molar-refractivity contribution in [3.05, 3.63) is 53.7 Å². The minimum atomic E-state index is -0.549. The minimum absolute atomic E-state index is 0.00305. The molecule has 3 unspecified atom stereocenters. The third-order valence-corrected chi connectivity index (χ3v) is 8.84. The van der Waals surface area contributed by atoms with Crippen LogP contribution in [-0.2, 0) is 0 Å². The number of rotatable bonds is 8. The van der Waals surface area contributed by atoms with Crippen LogP contribution in [0, 0.1) is 24.6 Å². The van der Waals surface area contributed by atoms with Crippen LogP contribution in [0.15, 0.2) is 36.8 Å². The topological polar surface area (TPSA) is 102 Å². The lowest BCUT2D eigenvalue weighted by molar-refractivity contribution is 0.0947. The molecule has 0 bridgehead atoms. The number of fused-ring (bicyclic) bond motifs is 2. The summed E-state index contributed by atoms with van der Waals surface area (Å²) in [6.07, 6.45) is 10.0. The molecule has 4 aromatic rings. The van der Waals surface area contributed by atoms with Crippen LogP contribution in [0.25, 0.3) is 22.7 Å². The van der Waals surface area contributed by atoms with Gasteiger partial charge in [0.15, 0.2) is 0 Å². The Labute approximate surface area is 231 Å². The maximum Gasteiger partial charge on any atom is 0.254 e. The molecule has 3 aromatic heterocycles. The highest BCUT2D eigenvalue weighted by Crippen LogP contribution is 2.44. The molecule has 2 aliphatic carbocycles. The molecule has 3 aliphatic rings. The van der Waals surface area contributed by atoms with E-state index >= 15 is 0 Å². The molecule has 11 heteroatoms. The zero-order valence-corrected chi connectivity index (χ0v) is 22.9. The number of halogens is 1. The molecule has 3 atom stereocenters. The Morgan fingerprint density at radius 1 is 1.18 bits per heavy atom. The predicted octanol–water partition coefficient (Wildman–Crippen LogP) is 3.68. The van der Waals surface area contributed by atoms with Gasteiger partial charge in [0, 0.05) is 37.4 Å². The second-order valence-electron chi connectivity index (χ2n) is 11.4. The summed E-state index contributed by atoms with van der Waals surface area (Å²) in [5, 5.41) is 15.2. The predicted molar refractivity (Wildman–Crippen MR) is 148 cm³/mol. The van der Waals surface area contributed by atoms with Crippen LogP contribution in [0.2, 0.25) is 0 Å². The first-order valence-corrected chi connectivity index (χ1v) is 13.9. The van der Waals surface area contributed by atoms with E-state index < -0.39 is 11.7 Å². The third kappa shape index (κ3) is 4.28. The third-order valence-electron chi connectivity index (χ3n) is 8.84. The summed E-state index contributed by atoms with van der Waals surface area (Å²) < 4.78 is 23.9. The summed E-state index contributed by atoms with van der Waals surface area (Å²) >= 11 is 0. The number of nitrogens with one attached hydrogen (secondary N) is 2. The number of carbonyl (C=O) groups excluding carboxylic acids is 1. The number of imidazole rings is 1. The average molecular weight is 545 g/mol. The molecule has 7 rings (SSSR count). The van der Waals surface area contributed by atoms with Crippen LogP contribution >= 0.6 is 0 Å². The van der Waals surface area contributed by atoms with Gasteiger partial charge in [0.05, 0.1) is 42.1 Å². The van der Waals surface area contributed by atoms with Gasteiger partial charge in [0.25, 0.3) is 5.91 Å². The number of aryl methyl sites for hydroxylation is 1. The summed E-state index contributed by atoms with van der Waals surface area (Å²) in [6.45, 7) is 3.81. The van der Waals surface area contributed by atoms with E-state index in [2.05, 4.69) is 37.9 Å². The maximum absolute atomic E-state index is 14.7. The number of likely N-dealkylation sites (N-methyl/N-ethyl adjacent to an activating group) is 1. The average Bonchev–Trinajstić information content (AvgIpc) is 3.35. The van der Waals surface area contributed by atoms with Crippen molar-refractivity contribution < 1.29 is 13.9 Å². The number of benzene rings is 1. The summed E-state index contributed by atoms with van der Waals surface area (Å²) in [4.78, 5) is 19.6. The van der Waals surface area contributed by atoms with Crippen LogP contribution in [0.1, 0.15) is 41.6 Å². The van der Waals surface area contributed by atoms with Gasteiger partial charge in [0.1, 0.15) is 22.9 Å². The highest BCUT2D eigenvalue weighted by Gasteiger charge is 2.45. The van der Waals surface area contributed by atoms with Crippen molar-refractivity contribution in [1.29, 1.82) is 0 Å². The van der Waals surface area contributed by atoms with E-state index in [1.54, 1.807) is 31.1 Å². The summed E-state index contributed by atoms with van der Waals surface area (Å²) in [7, 11) is 3.88. The Balaban J connectivity index is 1.18. The van der Waals surface area contributed by atoms with Crippen LogP contribution in [-0.4, -0.2) is 74.5 Å². The molecule has 0 radical (unpaired) electrons. The first-order valence-electron chi connectivity index (χ1n) is 13.9. The second kappa shape index (κ2) is 9.58. The maximum atomic E-state index is 14.7. The van der Waals surface area contributed by atoms with Gasteiger partial charge in [0.2, 0.25) is 0 Å². The Morgan fingerprint density at radius 3 is 2.75 bits per heavy atom. The highest BCUT2D eigenvalue weighted by molar-refractivity contribution is 5.95. The molecular weight excluding hydrogens is 511 g/mol. The molecular formula is C29H33FN8O2. The number of hydrogen-bond donors (Lipinski definition) is 2. The molecule has 10 nitrogen and oxygen atoms in total. The van der Waals surface area contributed by atoms with Gasteiger partial charge in [-0.1, -0.05) is 5.21 Å². The van der Waals surface area contributed by atoms with Crippen molar-refractivity contribution in [1.82, 2.24) is 34.6 Å². The molecule has 1 aromatic carbocycles. The van der Waals surface area contributed by atoms with Gasteiger partial charge in [-0.05, 0) is 69.2 Å². The van der Waals surface area contributed by atoms with E-state index in [1.807, 2.05) is 16.7 Å². The van der Waals surface area contributed by atoms with Crippen LogP contribution < -0.4 is 15.4 Å². The Kier molecular flexibility index (Phi) is 5.99. The van der Waals surface area contributed by atoms with Crippen molar-refractivity contribution in [2.45, 2.75) is 44.7 Å². The SMILES string of the molecule is COc1cc2ncc(-c3cn(-c4cc(C(=O)NC5CC5)c(F)cc4C)nn3)n2cc1NCC1C2CCC2CN1C. The number of anilines is 1. The minimum Gasteiger partial charge on any atom is -0.494 e. The van der Waals surface area contributed by atoms with E-state index in [1.165, 1.54) is 31.5 Å². The monoisotopic (exact) mass is 544 g/mol. The van der Waals surface area contributed by atoms with Crippen molar-refractivity contribution >= 4 is 17.2 Å². The molecule has 1 amide bonds. The smallest absolute Gasteiger partial charge is 0.254 e. The fourth-order valence-electron chi connectivity index (χ4n) is 6.25. The number of methoxy groups -OCH3 is 1. The van der Waals surface area contributed by atoms with Gasteiger partial charge in [-0.25, -0.2) is 14.1 Å². The second-order valence-corrected chi connectivity index (χ2v) is 11.4. The van der Waals surface area contributed by atoms with Gasteiger partial charge in [-0.15, -0.1) is 5.10 Å². The number of amides is 1. The zero-order valence-electron chi connectivity index (χ0n) is 22.9. The molecule has 1 aliphatic heterocycles. The number of ether oxygens (including phenoxy) is 1. The Bertz CT molecular complexity index is 1610. The number of likely N-dealkylation sites (tertiary alicyclic amines) is 1. The molecule has 208 valence electrons. The van der Waals surface area contributed by atoms with E-state index in [9.17, 15) is 9.18 Å². The summed E-state index contributed by atoms with van der Waals surface area (Å²) in [5.41, 5.74) is 4.22. The number of carbonyl (C=O) groups is 1. The molecule has 2 saturated carbocycles. The van der Waals surface area contributed by atoms with E-state index in [0.29, 0.717) is 23.0 Å². The molecule has 1 saturated heterocycles. The highest BCUT2D eigenvalue weighted by atomic mass is 19.1. The van der Waals surface area contributed by atoms with Crippen molar-refractivity contribution in [3.8, 4) is 22.8 Å². The molecule has 2 N–H and O–H groups in total. The fourth-order valence-corrected chi connectivity index (χ4v) is 6.25.